The van der Waals surface area contributed by atoms with Crippen molar-refractivity contribution in [3.63, 3.8) is 0 Å². The molecule has 27 heavy (non-hydrogen) atoms. The molecular weight excluding hydrogens is 385 g/mol. The fraction of sp³-hybridized carbons (Fsp3) is 0.684. The third kappa shape index (κ3) is 6.21. The zero-order valence-corrected chi connectivity index (χ0v) is 18.0. The third-order valence-corrected chi connectivity index (χ3v) is 5.64. The standard InChI is InChI=1S/C19H31N5O.2ClH/c1-19(2)15-22(9-6-16(19)20)10-7-18(25)24-13-11-23(12-14-24)17-5-3-4-8-21-17;;/h3-5,8,16H,6-7,9-15,20H2,1-2H3;2*1H. The maximum atomic E-state index is 12.6. The fourth-order valence-corrected chi connectivity index (χ4v) is 3.81. The van der Waals surface area contributed by atoms with Gasteiger partial charge < -0.3 is 20.4 Å². The van der Waals surface area contributed by atoms with E-state index in [0.29, 0.717) is 6.42 Å². The average Bonchev–Trinajstić information content (AvgIpc) is 2.63. The van der Waals surface area contributed by atoms with Crippen LogP contribution in [0.15, 0.2) is 24.4 Å². The molecule has 8 heteroatoms. The number of carbonyl (C=O) groups excluding carboxylic acids is 1. The van der Waals surface area contributed by atoms with Crippen LogP contribution in [0, 0.1) is 5.41 Å². The first kappa shape index (κ1) is 24.0. The summed E-state index contributed by atoms with van der Waals surface area (Å²) in [6.45, 7) is 10.6. The van der Waals surface area contributed by atoms with Crippen LogP contribution in [0.1, 0.15) is 26.7 Å². The molecule has 154 valence electrons. The zero-order chi connectivity index (χ0) is 17.9. The number of nitrogens with two attached hydrogens (primary N) is 1. The lowest BCUT2D eigenvalue weighted by Gasteiger charge is -2.43. The van der Waals surface area contributed by atoms with Crippen LogP contribution in [0.5, 0.6) is 0 Å². The smallest absolute Gasteiger partial charge is 0.223 e. The Hall–Kier alpha value is -1.08. The maximum absolute atomic E-state index is 12.6. The highest BCUT2D eigenvalue weighted by molar-refractivity contribution is 5.85. The summed E-state index contributed by atoms with van der Waals surface area (Å²) in [4.78, 5) is 23.6. The molecule has 2 aliphatic heterocycles. The summed E-state index contributed by atoms with van der Waals surface area (Å²) in [5, 5.41) is 0. The summed E-state index contributed by atoms with van der Waals surface area (Å²) in [5.74, 6) is 1.27. The summed E-state index contributed by atoms with van der Waals surface area (Å²) >= 11 is 0. The van der Waals surface area contributed by atoms with Gasteiger partial charge in [0.15, 0.2) is 0 Å². The van der Waals surface area contributed by atoms with Crippen molar-refractivity contribution in [1.29, 1.82) is 0 Å². The van der Waals surface area contributed by atoms with E-state index in [9.17, 15) is 4.79 Å². The van der Waals surface area contributed by atoms with E-state index >= 15 is 0 Å². The second-order valence-electron chi connectivity index (χ2n) is 7.97. The molecule has 3 rings (SSSR count). The molecule has 0 aromatic carbocycles. The number of nitrogens with zero attached hydrogens (tertiary/aromatic N) is 4. The topological polar surface area (TPSA) is 65.7 Å². The van der Waals surface area contributed by atoms with Crippen LogP contribution in [-0.2, 0) is 4.79 Å². The van der Waals surface area contributed by atoms with Crippen molar-refractivity contribution >= 4 is 36.5 Å². The second-order valence-corrected chi connectivity index (χ2v) is 7.97. The Morgan fingerprint density at radius 2 is 1.89 bits per heavy atom. The Morgan fingerprint density at radius 1 is 1.19 bits per heavy atom. The van der Waals surface area contributed by atoms with Crippen LogP contribution in [0.4, 0.5) is 5.82 Å². The summed E-state index contributed by atoms with van der Waals surface area (Å²) in [7, 11) is 0. The Bertz CT molecular complexity index is 579. The molecule has 2 saturated heterocycles. The minimum absolute atomic E-state index is 0. The Balaban J connectivity index is 0.00000182. The van der Waals surface area contributed by atoms with E-state index in [2.05, 4.69) is 28.6 Å². The molecule has 0 aliphatic carbocycles. The van der Waals surface area contributed by atoms with Crippen LogP contribution < -0.4 is 10.6 Å². The highest BCUT2D eigenvalue weighted by atomic mass is 35.5. The molecule has 0 saturated carbocycles. The largest absolute Gasteiger partial charge is 0.353 e. The Kier molecular flexibility index (Phi) is 9.28. The van der Waals surface area contributed by atoms with E-state index in [4.69, 9.17) is 5.73 Å². The molecular formula is C19H33Cl2N5O. The van der Waals surface area contributed by atoms with Crippen molar-refractivity contribution in [1.82, 2.24) is 14.8 Å². The highest BCUT2D eigenvalue weighted by Crippen LogP contribution is 2.27. The average molecular weight is 418 g/mol. The number of halogens is 2. The molecule has 1 aromatic heterocycles. The van der Waals surface area contributed by atoms with Crippen molar-refractivity contribution < 1.29 is 4.79 Å². The Morgan fingerprint density at radius 3 is 2.48 bits per heavy atom. The first-order chi connectivity index (χ1) is 12.0. The van der Waals surface area contributed by atoms with Gasteiger partial charge in [0.2, 0.25) is 5.91 Å². The van der Waals surface area contributed by atoms with Gasteiger partial charge in [-0.2, -0.15) is 0 Å². The molecule has 0 bridgehead atoms. The van der Waals surface area contributed by atoms with E-state index in [1.807, 2.05) is 29.3 Å². The quantitative estimate of drug-likeness (QED) is 0.811. The second kappa shape index (κ2) is 10.5. The molecule has 1 aromatic rings. The number of piperidine rings is 1. The van der Waals surface area contributed by atoms with E-state index in [1.165, 1.54) is 0 Å². The first-order valence-corrected chi connectivity index (χ1v) is 9.37. The predicted octanol–water partition coefficient (Wildman–Crippen LogP) is 2.02. The third-order valence-electron chi connectivity index (χ3n) is 5.64. The van der Waals surface area contributed by atoms with E-state index < -0.39 is 0 Å². The molecule has 2 aliphatic rings. The molecule has 1 unspecified atom stereocenters. The SMILES string of the molecule is CC1(C)CN(CCC(=O)N2CCN(c3ccccn3)CC2)CCC1N.Cl.Cl. The van der Waals surface area contributed by atoms with Crippen LogP contribution in [-0.4, -0.2) is 72.5 Å². The molecule has 6 nitrogen and oxygen atoms in total. The number of piperazine rings is 1. The summed E-state index contributed by atoms with van der Waals surface area (Å²) in [5.41, 5.74) is 6.33. The number of aromatic nitrogens is 1. The van der Waals surface area contributed by atoms with Crippen LogP contribution in [0.2, 0.25) is 0 Å². The first-order valence-electron chi connectivity index (χ1n) is 9.37. The molecule has 2 fully saturated rings. The number of anilines is 1. The molecule has 1 amide bonds. The predicted molar refractivity (Wildman–Crippen MR) is 115 cm³/mol. The van der Waals surface area contributed by atoms with Gasteiger partial charge in [-0.05, 0) is 30.5 Å². The lowest BCUT2D eigenvalue weighted by Crippen LogP contribution is -2.53. The number of carbonyl (C=O) groups is 1. The van der Waals surface area contributed by atoms with Crippen molar-refractivity contribution in [2.24, 2.45) is 11.1 Å². The van der Waals surface area contributed by atoms with Crippen LogP contribution >= 0.6 is 24.8 Å². The van der Waals surface area contributed by atoms with Crippen molar-refractivity contribution in [3.05, 3.63) is 24.4 Å². The monoisotopic (exact) mass is 417 g/mol. The summed E-state index contributed by atoms with van der Waals surface area (Å²) < 4.78 is 0. The molecule has 0 radical (unpaired) electrons. The van der Waals surface area contributed by atoms with E-state index in [0.717, 1.165) is 58.1 Å². The van der Waals surface area contributed by atoms with Crippen molar-refractivity contribution in [3.8, 4) is 0 Å². The van der Waals surface area contributed by atoms with Gasteiger partial charge in [0.25, 0.3) is 0 Å². The highest BCUT2D eigenvalue weighted by Gasteiger charge is 2.33. The molecule has 0 spiro atoms. The molecule has 2 N–H and O–H groups in total. The number of hydrogen-bond donors (Lipinski definition) is 1. The van der Waals surface area contributed by atoms with Gasteiger partial charge in [0, 0.05) is 57.9 Å². The summed E-state index contributed by atoms with van der Waals surface area (Å²) in [6, 6.07) is 6.23. The van der Waals surface area contributed by atoms with Gasteiger partial charge in [0.1, 0.15) is 5.82 Å². The molecule has 1 atom stereocenters. The molecule has 3 heterocycles. The van der Waals surface area contributed by atoms with Gasteiger partial charge in [-0.1, -0.05) is 19.9 Å². The maximum Gasteiger partial charge on any atom is 0.223 e. The number of hydrogen-bond acceptors (Lipinski definition) is 5. The van der Waals surface area contributed by atoms with Gasteiger partial charge in [-0.25, -0.2) is 4.98 Å². The summed E-state index contributed by atoms with van der Waals surface area (Å²) in [6.07, 6.45) is 3.44. The number of amides is 1. The minimum Gasteiger partial charge on any atom is -0.353 e. The van der Waals surface area contributed by atoms with E-state index in [1.54, 1.807) is 0 Å². The van der Waals surface area contributed by atoms with Gasteiger partial charge in [0.05, 0.1) is 0 Å². The van der Waals surface area contributed by atoms with Crippen molar-refractivity contribution in [2.75, 3.05) is 50.7 Å². The number of likely N-dealkylation sites (tertiary alicyclic amines) is 1. The van der Waals surface area contributed by atoms with Gasteiger partial charge >= 0.3 is 0 Å². The van der Waals surface area contributed by atoms with Gasteiger partial charge in [-0.15, -0.1) is 24.8 Å². The zero-order valence-electron chi connectivity index (χ0n) is 16.3. The minimum atomic E-state index is 0. The lowest BCUT2D eigenvalue weighted by atomic mass is 9.79. The number of pyridine rings is 1. The number of rotatable bonds is 4. The van der Waals surface area contributed by atoms with Crippen LogP contribution in [0.25, 0.3) is 0 Å². The lowest BCUT2D eigenvalue weighted by molar-refractivity contribution is -0.132. The fourth-order valence-electron chi connectivity index (χ4n) is 3.81. The van der Waals surface area contributed by atoms with E-state index in [-0.39, 0.29) is 42.2 Å². The Labute approximate surface area is 175 Å². The normalized spacial score (nSPS) is 22.6. The van der Waals surface area contributed by atoms with Crippen LogP contribution in [0.3, 0.4) is 0 Å². The van der Waals surface area contributed by atoms with Gasteiger partial charge in [-0.3, -0.25) is 4.79 Å². The van der Waals surface area contributed by atoms with Crippen molar-refractivity contribution in [2.45, 2.75) is 32.7 Å².